The second-order valence-electron chi connectivity index (χ2n) is 4.43. The first-order valence-corrected chi connectivity index (χ1v) is 5.84. The highest BCUT2D eigenvalue weighted by atomic mass is 16.5. The fourth-order valence-electron chi connectivity index (χ4n) is 2.56. The van der Waals surface area contributed by atoms with E-state index in [0.29, 0.717) is 29.8 Å². The summed E-state index contributed by atoms with van der Waals surface area (Å²) < 4.78 is 6.54. The van der Waals surface area contributed by atoms with Crippen molar-refractivity contribution in [3.63, 3.8) is 0 Å². The van der Waals surface area contributed by atoms with Gasteiger partial charge in [-0.25, -0.2) is 4.79 Å². The van der Waals surface area contributed by atoms with Gasteiger partial charge in [0.2, 0.25) is 5.78 Å². The molecule has 18 heavy (non-hydrogen) atoms. The molecule has 0 atom stereocenters. The summed E-state index contributed by atoms with van der Waals surface area (Å²) in [6, 6.07) is 0. The van der Waals surface area contributed by atoms with Crippen molar-refractivity contribution in [2.24, 2.45) is 0 Å². The zero-order chi connectivity index (χ0) is 13.4. The van der Waals surface area contributed by atoms with E-state index in [0.717, 1.165) is 12.1 Å². The fourth-order valence-corrected chi connectivity index (χ4v) is 2.56. The van der Waals surface area contributed by atoms with Crippen molar-refractivity contribution in [3.05, 3.63) is 22.5 Å². The molecular formula is C13H15NO4. The smallest absolute Gasteiger partial charge is 0.354 e. The van der Waals surface area contributed by atoms with Crippen molar-refractivity contribution in [3.8, 4) is 0 Å². The number of esters is 1. The van der Waals surface area contributed by atoms with Gasteiger partial charge in [0.25, 0.3) is 0 Å². The Bertz CT molecular complexity index is 554. The highest BCUT2D eigenvalue weighted by Crippen LogP contribution is 2.29. The number of rotatable bonds is 3. The predicted octanol–water partition coefficient (Wildman–Crippen LogP) is 1.30. The lowest BCUT2D eigenvalue weighted by molar-refractivity contribution is -0.113. The molecule has 0 saturated carbocycles. The van der Waals surface area contributed by atoms with Crippen molar-refractivity contribution in [2.75, 3.05) is 7.11 Å². The van der Waals surface area contributed by atoms with Crippen molar-refractivity contribution < 1.29 is 19.1 Å². The van der Waals surface area contributed by atoms with Crippen LogP contribution in [0.4, 0.5) is 0 Å². The van der Waals surface area contributed by atoms with E-state index in [4.69, 9.17) is 4.74 Å². The minimum Gasteiger partial charge on any atom is -0.464 e. The summed E-state index contributed by atoms with van der Waals surface area (Å²) >= 11 is 0. The summed E-state index contributed by atoms with van der Waals surface area (Å²) in [5.41, 5.74) is 2.12. The summed E-state index contributed by atoms with van der Waals surface area (Å²) in [7, 11) is 1.31. The summed E-state index contributed by atoms with van der Waals surface area (Å²) in [5, 5.41) is 0. The largest absolute Gasteiger partial charge is 0.464 e. The van der Waals surface area contributed by atoms with E-state index in [-0.39, 0.29) is 0 Å². The van der Waals surface area contributed by atoms with Crippen molar-refractivity contribution in [1.29, 1.82) is 0 Å². The normalized spacial score (nSPS) is 13.3. The number of ether oxygens (including phenoxy) is 1. The Morgan fingerprint density at radius 2 is 1.94 bits per heavy atom. The molecular weight excluding hydrogens is 234 g/mol. The first-order chi connectivity index (χ1) is 8.49. The van der Waals surface area contributed by atoms with E-state index in [1.165, 1.54) is 14.0 Å². The average molecular weight is 249 g/mol. The third-order valence-corrected chi connectivity index (χ3v) is 3.34. The van der Waals surface area contributed by atoms with Crippen LogP contribution in [0.1, 0.15) is 45.4 Å². The molecule has 5 heteroatoms. The van der Waals surface area contributed by atoms with Crippen molar-refractivity contribution in [2.45, 2.75) is 33.2 Å². The van der Waals surface area contributed by atoms with Crippen LogP contribution in [0.2, 0.25) is 0 Å². The van der Waals surface area contributed by atoms with E-state index in [2.05, 4.69) is 0 Å². The fraction of sp³-hybridized carbons (Fsp3) is 0.462. The first-order valence-electron chi connectivity index (χ1n) is 5.84. The van der Waals surface area contributed by atoms with Crippen LogP contribution in [0.5, 0.6) is 0 Å². The molecule has 0 saturated heterocycles. The second-order valence-corrected chi connectivity index (χ2v) is 4.43. The maximum atomic E-state index is 11.9. The standard InChI is InChI=1S/C13H15NO4/c1-7-10(12(16)8(2)15)9-5-4-6-14(9)11(7)13(17)18-3/h4-6H2,1-3H3. The van der Waals surface area contributed by atoms with Crippen LogP contribution >= 0.6 is 0 Å². The van der Waals surface area contributed by atoms with Gasteiger partial charge in [-0.2, -0.15) is 0 Å². The van der Waals surface area contributed by atoms with Gasteiger partial charge in [-0.1, -0.05) is 0 Å². The molecule has 2 rings (SSSR count). The van der Waals surface area contributed by atoms with E-state index >= 15 is 0 Å². The molecule has 2 heterocycles. The lowest BCUT2D eigenvalue weighted by atomic mass is 10.0. The highest BCUT2D eigenvalue weighted by Gasteiger charge is 2.32. The van der Waals surface area contributed by atoms with Crippen LogP contribution in [-0.2, 0) is 22.5 Å². The molecule has 0 amide bonds. The molecule has 0 fully saturated rings. The zero-order valence-electron chi connectivity index (χ0n) is 10.7. The van der Waals surface area contributed by atoms with Gasteiger partial charge in [-0.3, -0.25) is 9.59 Å². The number of ketones is 2. The number of carbonyl (C=O) groups excluding carboxylic acids is 3. The Morgan fingerprint density at radius 3 is 2.50 bits per heavy atom. The molecule has 1 aliphatic rings. The van der Waals surface area contributed by atoms with Gasteiger partial charge >= 0.3 is 5.97 Å². The second kappa shape index (κ2) is 4.40. The summed E-state index contributed by atoms with van der Waals surface area (Å²) in [6.45, 7) is 3.62. The average Bonchev–Trinajstić information content (AvgIpc) is 2.86. The Hall–Kier alpha value is -1.91. The lowest BCUT2D eigenvalue weighted by Crippen LogP contribution is -2.13. The number of methoxy groups -OCH3 is 1. The lowest BCUT2D eigenvalue weighted by Gasteiger charge is -2.04. The van der Waals surface area contributed by atoms with Crippen LogP contribution in [-0.4, -0.2) is 29.2 Å². The Morgan fingerprint density at radius 1 is 1.28 bits per heavy atom. The minimum atomic E-state index is -0.520. The molecule has 1 aromatic heterocycles. The summed E-state index contributed by atoms with van der Waals surface area (Å²) in [4.78, 5) is 35.0. The molecule has 1 aromatic rings. The molecule has 0 unspecified atom stereocenters. The van der Waals surface area contributed by atoms with Crippen molar-refractivity contribution >= 4 is 17.5 Å². The number of hydrogen-bond donors (Lipinski definition) is 0. The number of hydrogen-bond acceptors (Lipinski definition) is 4. The van der Waals surface area contributed by atoms with Crippen LogP contribution in [0.3, 0.4) is 0 Å². The Kier molecular flexibility index (Phi) is 3.07. The number of aromatic nitrogens is 1. The van der Waals surface area contributed by atoms with Gasteiger partial charge in [-0.05, 0) is 25.3 Å². The summed E-state index contributed by atoms with van der Waals surface area (Å²) in [5.74, 6) is -1.48. The first kappa shape index (κ1) is 12.5. The van der Waals surface area contributed by atoms with Crippen LogP contribution in [0.25, 0.3) is 0 Å². The van der Waals surface area contributed by atoms with Gasteiger partial charge in [0, 0.05) is 19.2 Å². The molecule has 0 bridgehead atoms. The molecule has 0 spiro atoms. The topological polar surface area (TPSA) is 65.4 Å². The van der Waals surface area contributed by atoms with Gasteiger partial charge in [0.1, 0.15) is 5.69 Å². The number of Topliss-reactive ketones (excluding diaryl/α,β-unsaturated/α-hetero) is 2. The molecule has 0 aromatic carbocycles. The molecule has 96 valence electrons. The van der Waals surface area contributed by atoms with Gasteiger partial charge in [0.05, 0.1) is 12.7 Å². The van der Waals surface area contributed by atoms with E-state index in [9.17, 15) is 14.4 Å². The van der Waals surface area contributed by atoms with Crippen molar-refractivity contribution in [1.82, 2.24) is 4.57 Å². The maximum absolute atomic E-state index is 11.9. The number of carbonyl (C=O) groups is 3. The maximum Gasteiger partial charge on any atom is 0.354 e. The van der Waals surface area contributed by atoms with E-state index in [1.54, 1.807) is 11.5 Å². The minimum absolute atomic E-state index is 0.389. The molecule has 0 radical (unpaired) electrons. The zero-order valence-corrected chi connectivity index (χ0v) is 10.7. The third-order valence-electron chi connectivity index (χ3n) is 3.34. The Balaban J connectivity index is 2.66. The van der Waals surface area contributed by atoms with Gasteiger partial charge < -0.3 is 9.30 Å². The molecule has 1 aliphatic heterocycles. The van der Waals surface area contributed by atoms with Crippen LogP contribution in [0, 0.1) is 6.92 Å². The predicted molar refractivity (Wildman–Crippen MR) is 63.8 cm³/mol. The summed E-state index contributed by atoms with van der Waals surface area (Å²) in [6.07, 6.45) is 1.59. The Labute approximate surface area is 105 Å². The van der Waals surface area contributed by atoms with Crippen LogP contribution < -0.4 is 0 Å². The quantitative estimate of drug-likeness (QED) is 0.460. The monoisotopic (exact) mass is 249 g/mol. The highest BCUT2D eigenvalue weighted by molar-refractivity contribution is 6.43. The van der Waals surface area contributed by atoms with Gasteiger partial charge in [0.15, 0.2) is 5.78 Å². The number of fused-ring (bicyclic) bond motifs is 1. The molecule has 5 nitrogen and oxygen atoms in total. The molecule has 0 N–H and O–H groups in total. The van der Waals surface area contributed by atoms with E-state index < -0.39 is 17.5 Å². The SMILES string of the molecule is COC(=O)c1c(C)c(C(=O)C(C)=O)c2n1CCC2. The van der Waals surface area contributed by atoms with Crippen LogP contribution in [0.15, 0.2) is 0 Å². The molecule has 0 aliphatic carbocycles. The van der Waals surface area contributed by atoms with Gasteiger partial charge in [-0.15, -0.1) is 0 Å². The third kappa shape index (κ3) is 1.66. The number of nitrogens with zero attached hydrogens (tertiary/aromatic N) is 1. The van der Waals surface area contributed by atoms with E-state index in [1.807, 2.05) is 0 Å².